The van der Waals surface area contributed by atoms with E-state index in [0.29, 0.717) is 6.54 Å². The van der Waals surface area contributed by atoms with Crippen molar-refractivity contribution in [2.24, 2.45) is 5.41 Å². The number of sulfonamides is 1. The summed E-state index contributed by atoms with van der Waals surface area (Å²) < 4.78 is 26.0. The highest BCUT2D eigenvalue weighted by molar-refractivity contribution is 7.88. The summed E-state index contributed by atoms with van der Waals surface area (Å²) in [5.74, 6) is -0.351. The van der Waals surface area contributed by atoms with Crippen molar-refractivity contribution in [3.05, 3.63) is 18.7 Å². The molecule has 0 saturated carbocycles. The summed E-state index contributed by atoms with van der Waals surface area (Å²) in [5, 5.41) is 2.85. The van der Waals surface area contributed by atoms with Crippen molar-refractivity contribution in [3.8, 4) is 0 Å². The molecule has 1 rings (SSSR count). The van der Waals surface area contributed by atoms with Crippen LogP contribution in [-0.4, -0.2) is 42.7 Å². The molecule has 0 aliphatic heterocycles. The standard InChI is InChI=1S/C12H22N4O3S/c1-12(2,3)10(8-16-6-5-13-9-16)15-11(17)7-14-20(4,18)19/h5-6,9-10,14H,7-8H2,1-4H3,(H,15,17)/t10-/m1/s1. The molecule has 1 aromatic heterocycles. The van der Waals surface area contributed by atoms with Crippen molar-refractivity contribution in [3.63, 3.8) is 0 Å². The first-order valence-electron chi connectivity index (χ1n) is 6.27. The summed E-state index contributed by atoms with van der Waals surface area (Å²) in [4.78, 5) is 15.8. The maximum absolute atomic E-state index is 11.8. The predicted octanol–water partition coefficient (Wildman–Crippen LogP) is -0.0368. The molecule has 0 bridgehead atoms. The summed E-state index contributed by atoms with van der Waals surface area (Å²) in [6.07, 6.45) is 6.19. The van der Waals surface area contributed by atoms with Gasteiger partial charge in [-0.2, -0.15) is 0 Å². The normalized spacial score (nSPS) is 14.0. The number of amides is 1. The lowest BCUT2D eigenvalue weighted by molar-refractivity contribution is -0.121. The smallest absolute Gasteiger partial charge is 0.235 e. The first kappa shape index (κ1) is 16.6. The van der Waals surface area contributed by atoms with Gasteiger partial charge in [0.05, 0.1) is 25.2 Å². The number of nitrogens with zero attached hydrogens (tertiary/aromatic N) is 2. The Morgan fingerprint density at radius 3 is 2.50 bits per heavy atom. The number of hydrogen-bond acceptors (Lipinski definition) is 4. The van der Waals surface area contributed by atoms with E-state index in [2.05, 4.69) is 15.0 Å². The second-order valence-electron chi connectivity index (χ2n) is 5.84. The molecule has 0 fully saturated rings. The van der Waals surface area contributed by atoms with Gasteiger partial charge in [-0.05, 0) is 5.41 Å². The number of carbonyl (C=O) groups excluding carboxylic acids is 1. The average Bonchev–Trinajstić information content (AvgIpc) is 2.76. The van der Waals surface area contributed by atoms with Crippen LogP contribution in [0.5, 0.6) is 0 Å². The first-order chi connectivity index (χ1) is 9.08. The van der Waals surface area contributed by atoms with Gasteiger partial charge in [-0.1, -0.05) is 20.8 Å². The fourth-order valence-corrected chi connectivity index (χ4v) is 1.98. The molecule has 0 spiro atoms. The molecular formula is C12H22N4O3S. The van der Waals surface area contributed by atoms with Crippen molar-refractivity contribution in [1.82, 2.24) is 19.6 Å². The van der Waals surface area contributed by atoms with Crippen molar-refractivity contribution in [1.29, 1.82) is 0 Å². The highest BCUT2D eigenvalue weighted by atomic mass is 32.2. The van der Waals surface area contributed by atoms with Crippen molar-refractivity contribution in [2.45, 2.75) is 33.4 Å². The van der Waals surface area contributed by atoms with E-state index < -0.39 is 10.0 Å². The molecule has 0 aliphatic carbocycles. The second-order valence-corrected chi connectivity index (χ2v) is 7.67. The number of imidazole rings is 1. The van der Waals surface area contributed by atoms with Gasteiger partial charge in [0.2, 0.25) is 15.9 Å². The van der Waals surface area contributed by atoms with Crippen molar-refractivity contribution >= 4 is 15.9 Å². The third-order valence-electron chi connectivity index (χ3n) is 2.83. The van der Waals surface area contributed by atoms with E-state index in [4.69, 9.17) is 0 Å². The Labute approximate surface area is 119 Å². The minimum absolute atomic E-state index is 0.134. The topological polar surface area (TPSA) is 93.1 Å². The van der Waals surface area contributed by atoms with Gasteiger partial charge in [0.25, 0.3) is 0 Å². The second kappa shape index (κ2) is 6.36. The van der Waals surface area contributed by atoms with Crippen LogP contribution < -0.4 is 10.0 Å². The van der Waals surface area contributed by atoms with Gasteiger partial charge in [0.1, 0.15) is 0 Å². The molecule has 0 unspecified atom stereocenters. The molecule has 2 N–H and O–H groups in total. The zero-order valence-corrected chi connectivity index (χ0v) is 13.1. The number of aromatic nitrogens is 2. The Morgan fingerprint density at radius 1 is 1.40 bits per heavy atom. The summed E-state index contributed by atoms with van der Waals surface area (Å²) in [7, 11) is -3.37. The lowest BCUT2D eigenvalue weighted by Gasteiger charge is -2.31. The fourth-order valence-electron chi connectivity index (χ4n) is 1.58. The zero-order valence-electron chi connectivity index (χ0n) is 12.3. The van der Waals surface area contributed by atoms with Crippen LogP contribution in [0.4, 0.5) is 0 Å². The van der Waals surface area contributed by atoms with Gasteiger partial charge in [0, 0.05) is 18.9 Å². The predicted molar refractivity (Wildman–Crippen MR) is 76.5 cm³/mol. The van der Waals surface area contributed by atoms with E-state index >= 15 is 0 Å². The number of hydrogen-bond donors (Lipinski definition) is 2. The maximum Gasteiger partial charge on any atom is 0.235 e. The van der Waals surface area contributed by atoms with E-state index in [9.17, 15) is 13.2 Å². The largest absolute Gasteiger partial charge is 0.350 e. The Kier molecular flexibility index (Phi) is 5.29. The molecule has 1 aromatic rings. The first-order valence-corrected chi connectivity index (χ1v) is 8.17. The van der Waals surface area contributed by atoms with Crippen LogP contribution in [0.1, 0.15) is 20.8 Å². The van der Waals surface area contributed by atoms with Gasteiger partial charge in [-0.15, -0.1) is 0 Å². The number of carbonyl (C=O) groups is 1. The lowest BCUT2D eigenvalue weighted by atomic mass is 9.86. The lowest BCUT2D eigenvalue weighted by Crippen LogP contribution is -2.49. The van der Waals surface area contributed by atoms with Crippen molar-refractivity contribution in [2.75, 3.05) is 12.8 Å². The van der Waals surface area contributed by atoms with Crippen LogP contribution in [0.25, 0.3) is 0 Å². The third-order valence-corrected chi connectivity index (χ3v) is 3.50. The highest BCUT2D eigenvalue weighted by Crippen LogP contribution is 2.20. The molecule has 0 saturated heterocycles. The summed E-state index contributed by atoms with van der Waals surface area (Å²) >= 11 is 0. The van der Waals surface area contributed by atoms with E-state index in [1.807, 2.05) is 31.5 Å². The minimum Gasteiger partial charge on any atom is -0.350 e. The number of nitrogens with one attached hydrogen (secondary N) is 2. The highest BCUT2D eigenvalue weighted by Gasteiger charge is 2.26. The minimum atomic E-state index is -3.37. The van der Waals surface area contributed by atoms with E-state index in [1.165, 1.54) is 0 Å². The summed E-state index contributed by atoms with van der Waals surface area (Å²) in [6, 6.07) is -0.134. The third kappa shape index (κ3) is 6.16. The van der Waals surface area contributed by atoms with Gasteiger partial charge in [-0.3, -0.25) is 4.79 Å². The molecule has 20 heavy (non-hydrogen) atoms. The molecule has 1 atom stereocenters. The van der Waals surface area contributed by atoms with Gasteiger partial charge < -0.3 is 9.88 Å². The van der Waals surface area contributed by atoms with Crippen LogP contribution in [0, 0.1) is 5.41 Å². The van der Waals surface area contributed by atoms with Crippen LogP contribution in [0.3, 0.4) is 0 Å². The molecule has 0 aromatic carbocycles. The molecule has 0 aliphatic rings. The maximum atomic E-state index is 11.8. The van der Waals surface area contributed by atoms with Crippen LogP contribution in [-0.2, 0) is 21.4 Å². The average molecular weight is 302 g/mol. The quantitative estimate of drug-likeness (QED) is 0.771. The Morgan fingerprint density at radius 2 is 2.05 bits per heavy atom. The van der Waals surface area contributed by atoms with Gasteiger partial charge in [-0.25, -0.2) is 18.1 Å². The number of rotatable bonds is 6. The molecule has 1 amide bonds. The van der Waals surface area contributed by atoms with E-state index in [-0.39, 0.29) is 23.9 Å². The van der Waals surface area contributed by atoms with E-state index in [1.54, 1.807) is 12.5 Å². The molecule has 0 radical (unpaired) electrons. The monoisotopic (exact) mass is 302 g/mol. The Balaban J connectivity index is 2.64. The molecule has 114 valence electrons. The van der Waals surface area contributed by atoms with Crippen LogP contribution >= 0.6 is 0 Å². The Hall–Kier alpha value is -1.41. The van der Waals surface area contributed by atoms with E-state index in [0.717, 1.165) is 6.26 Å². The van der Waals surface area contributed by atoms with Gasteiger partial charge >= 0.3 is 0 Å². The van der Waals surface area contributed by atoms with Crippen LogP contribution in [0.2, 0.25) is 0 Å². The molecular weight excluding hydrogens is 280 g/mol. The van der Waals surface area contributed by atoms with Gasteiger partial charge in [0.15, 0.2) is 0 Å². The SMILES string of the molecule is CC(C)(C)[C@@H](Cn1ccnc1)NC(=O)CNS(C)(=O)=O. The fraction of sp³-hybridized carbons (Fsp3) is 0.667. The zero-order chi connectivity index (χ0) is 15.4. The Bertz CT molecular complexity index is 532. The summed E-state index contributed by atoms with van der Waals surface area (Å²) in [6.45, 7) is 6.36. The molecule has 1 heterocycles. The van der Waals surface area contributed by atoms with Crippen LogP contribution in [0.15, 0.2) is 18.7 Å². The molecule has 8 heteroatoms. The van der Waals surface area contributed by atoms with Crippen molar-refractivity contribution < 1.29 is 13.2 Å². The summed E-state index contributed by atoms with van der Waals surface area (Å²) in [5.41, 5.74) is -0.162. The molecule has 7 nitrogen and oxygen atoms in total.